The Bertz CT molecular complexity index is 807. The second-order valence-electron chi connectivity index (χ2n) is 6.45. The molecule has 3 rings (SSSR count). The third-order valence-electron chi connectivity index (χ3n) is 4.81. The van der Waals surface area contributed by atoms with Crippen molar-refractivity contribution in [1.29, 1.82) is 0 Å². The second-order valence-corrected chi connectivity index (χ2v) is 6.45. The highest BCUT2D eigenvalue weighted by Crippen LogP contribution is 2.30. The van der Waals surface area contributed by atoms with Gasteiger partial charge in [0.05, 0.1) is 12.7 Å². The van der Waals surface area contributed by atoms with Crippen LogP contribution in [0.1, 0.15) is 41.2 Å². The van der Waals surface area contributed by atoms with E-state index in [1.54, 1.807) is 19.2 Å². The minimum Gasteiger partial charge on any atom is -0.496 e. The lowest BCUT2D eigenvalue weighted by Gasteiger charge is -2.20. The first-order valence-corrected chi connectivity index (χ1v) is 8.82. The molecule has 0 saturated carbocycles. The number of alkyl halides is 3. The summed E-state index contributed by atoms with van der Waals surface area (Å²) in [5.74, 6) is 0.912. The highest BCUT2D eigenvalue weighted by molar-refractivity contribution is 6.03. The fraction of sp³-hybridized carbons (Fsp3) is 0.381. The van der Waals surface area contributed by atoms with Gasteiger partial charge in [0.25, 0.3) is 0 Å². The van der Waals surface area contributed by atoms with Crippen LogP contribution in [0.25, 0.3) is 0 Å². The number of ether oxygens (including phenoxy) is 1. The third-order valence-corrected chi connectivity index (χ3v) is 4.81. The van der Waals surface area contributed by atoms with E-state index >= 15 is 0 Å². The van der Waals surface area contributed by atoms with Crippen LogP contribution in [0.4, 0.5) is 13.2 Å². The maximum atomic E-state index is 12.7. The average molecular weight is 361 g/mol. The molecule has 0 N–H and O–H groups in total. The van der Waals surface area contributed by atoms with Crippen LogP contribution in [0.5, 0.6) is 5.75 Å². The first kappa shape index (κ1) is 18.5. The maximum absolute atomic E-state index is 12.7. The lowest BCUT2D eigenvalue weighted by atomic mass is 9.91. The number of methoxy groups -OCH3 is 1. The summed E-state index contributed by atoms with van der Waals surface area (Å²) >= 11 is 0. The summed E-state index contributed by atoms with van der Waals surface area (Å²) in [5.41, 5.74) is 4.84. The molecular weight excluding hydrogens is 339 g/mol. The van der Waals surface area contributed by atoms with Gasteiger partial charge in [-0.15, -0.1) is 0 Å². The van der Waals surface area contributed by atoms with Crippen LogP contribution >= 0.6 is 0 Å². The largest absolute Gasteiger partial charge is 0.496 e. The van der Waals surface area contributed by atoms with Gasteiger partial charge in [-0.05, 0) is 72.2 Å². The summed E-state index contributed by atoms with van der Waals surface area (Å²) in [7, 11) is 1.68. The SMILES string of the molecule is CCc1cc2c(cc1OC)CCN=C2CCc1ccc(C(F)(F)F)cc1. The summed E-state index contributed by atoms with van der Waals surface area (Å²) < 4.78 is 43.5. The molecule has 26 heavy (non-hydrogen) atoms. The summed E-state index contributed by atoms with van der Waals surface area (Å²) in [4.78, 5) is 4.67. The van der Waals surface area contributed by atoms with Gasteiger partial charge in [0.2, 0.25) is 0 Å². The fourth-order valence-corrected chi connectivity index (χ4v) is 3.34. The molecule has 0 amide bonds. The molecule has 0 fully saturated rings. The minimum absolute atomic E-state index is 0.610. The summed E-state index contributed by atoms with van der Waals surface area (Å²) in [5, 5.41) is 0. The number of aliphatic imine (C=N–C) groups is 1. The zero-order chi connectivity index (χ0) is 18.7. The monoisotopic (exact) mass is 361 g/mol. The van der Waals surface area contributed by atoms with E-state index in [1.807, 2.05) is 0 Å². The molecule has 0 saturated heterocycles. The Balaban J connectivity index is 1.77. The van der Waals surface area contributed by atoms with E-state index in [2.05, 4.69) is 24.0 Å². The van der Waals surface area contributed by atoms with Crippen molar-refractivity contribution in [3.8, 4) is 5.75 Å². The normalized spacial score (nSPS) is 14.0. The third kappa shape index (κ3) is 3.92. The van der Waals surface area contributed by atoms with Crippen LogP contribution in [0, 0.1) is 0 Å². The molecule has 0 aromatic heterocycles. The molecule has 138 valence electrons. The zero-order valence-electron chi connectivity index (χ0n) is 15.0. The molecule has 5 heteroatoms. The lowest BCUT2D eigenvalue weighted by Crippen LogP contribution is -2.15. The highest BCUT2D eigenvalue weighted by Gasteiger charge is 2.29. The number of hydrogen-bond acceptors (Lipinski definition) is 2. The van der Waals surface area contributed by atoms with Gasteiger partial charge in [0.15, 0.2) is 0 Å². The van der Waals surface area contributed by atoms with Crippen LogP contribution in [0.3, 0.4) is 0 Å². The predicted octanol–water partition coefficient (Wildman–Crippen LogP) is 5.25. The Morgan fingerprint density at radius 2 is 1.81 bits per heavy atom. The number of halogens is 3. The van der Waals surface area contributed by atoms with Crippen molar-refractivity contribution in [2.45, 2.75) is 38.8 Å². The van der Waals surface area contributed by atoms with E-state index < -0.39 is 11.7 Å². The van der Waals surface area contributed by atoms with Crippen molar-refractivity contribution in [2.75, 3.05) is 13.7 Å². The molecule has 0 radical (unpaired) electrons. The maximum Gasteiger partial charge on any atom is 0.416 e. The second kappa shape index (κ2) is 7.52. The number of fused-ring (bicyclic) bond motifs is 1. The van der Waals surface area contributed by atoms with Crippen LogP contribution in [0.15, 0.2) is 41.4 Å². The van der Waals surface area contributed by atoms with Crippen molar-refractivity contribution < 1.29 is 17.9 Å². The standard InChI is InChI=1S/C21H22F3NO/c1-3-15-12-18-16(13-20(15)26-2)10-11-25-19(18)9-6-14-4-7-17(8-5-14)21(22,23)24/h4-5,7-8,12-13H,3,6,9-11H2,1-2H3. The van der Waals surface area contributed by atoms with E-state index in [0.717, 1.165) is 59.7 Å². The molecule has 0 atom stereocenters. The van der Waals surface area contributed by atoms with Crippen molar-refractivity contribution in [1.82, 2.24) is 0 Å². The number of nitrogens with zero attached hydrogens (tertiary/aromatic N) is 1. The highest BCUT2D eigenvalue weighted by atomic mass is 19.4. The van der Waals surface area contributed by atoms with Gasteiger partial charge < -0.3 is 4.74 Å². The topological polar surface area (TPSA) is 21.6 Å². The van der Waals surface area contributed by atoms with E-state index in [0.29, 0.717) is 12.8 Å². The summed E-state index contributed by atoms with van der Waals surface area (Å²) in [6.45, 7) is 2.83. The first-order valence-electron chi connectivity index (χ1n) is 8.82. The lowest BCUT2D eigenvalue weighted by molar-refractivity contribution is -0.137. The smallest absolute Gasteiger partial charge is 0.416 e. The molecule has 2 aromatic rings. The molecule has 1 aliphatic heterocycles. The van der Waals surface area contributed by atoms with Gasteiger partial charge in [-0.1, -0.05) is 19.1 Å². The first-order chi connectivity index (χ1) is 12.4. The van der Waals surface area contributed by atoms with Crippen LogP contribution in [0.2, 0.25) is 0 Å². The van der Waals surface area contributed by atoms with Gasteiger partial charge >= 0.3 is 6.18 Å². The molecular formula is C21H22F3NO. The van der Waals surface area contributed by atoms with Gasteiger partial charge in [-0.25, -0.2) is 0 Å². The van der Waals surface area contributed by atoms with E-state index in [4.69, 9.17) is 4.74 Å². The van der Waals surface area contributed by atoms with Crippen LogP contribution < -0.4 is 4.74 Å². The minimum atomic E-state index is -4.29. The Morgan fingerprint density at radius 3 is 2.42 bits per heavy atom. The quantitative estimate of drug-likeness (QED) is 0.712. The summed E-state index contributed by atoms with van der Waals surface area (Å²) in [6, 6.07) is 9.65. The fourth-order valence-electron chi connectivity index (χ4n) is 3.34. The number of benzene rings is 2. The predicted molar refractivity (Wildman–Crippen MR) is 97.2 cm³/mol. The Morgan fingerprint density at radius 1 is 1.08 bits per heavy atom. The van der Waals surface area contributed by atoms with Gasteiger partial charge in [-0.3, -0.25) is 4.99 Å². The van der Waals surface area contributed by atoms with E-state index in [9.17, 15) is 13.2 Å². The number of rotatable bonds is 5. The van der Waals surface area contributed by atoms with E-state index in [-0.39, 0.29) is 0 Å². The number of hydrogen-bond donors (Lipinski definition) is 0. The molecule has 0 bridgehead atoms. The molecule has 1 aliphatic rings. The Kier molecular flexibility index (Phi) is 5.35. The van der Waals surface area contributed by atoms with Crippen molar-refractivity contribution in [3.63, 3.8) is 0 Å². The van der Waals surface area contributed by atoms with Gasteiger partial charge in [-0.2, -0.15) is 13.2 Å². The van der Waals surface area contributed by atoms with Crippen molar-refractivity contribution in [2.24, 2.45) is 4.99 Å². The molecule has 2 nitrogen and oxygen atoms in total. The molecule has 1 heterocycles. The average Bonchev–Trinajstić information content (AvgIpc) is 2.64. The van der Waals surface area contributed by atoms with Gasteiger partial charge in [0, 0.05) is 12.3 Å². The van der Waals surface area contributed by atoms with Crippen molar-refractivity contribution in [3.05, 3.63) is 64.2 Å². The molecule has 0 spiro atoms. The van der Waals surface area contributed by atoms with Crippen molar-refractivity contribution >= 4 is 5.71 Å². The van der Waals surface area contributed by atoms with Crippen LogP contribution in [-0.2, 0) is 25.4 Å². The molecule has 2 aromatic carbocycles. The van der Waals surface area contributed by atoms with Gasteiger partial charge in [0.1, 0.15) is 5.75 Å². The Labute approximate surface area is 151 Å². The molecule has 0 unspecified atom stereocenters. The Hall–Kier alpha value is -2.30. The summed E-state index contributed by atoms with van der Waals surface area (Å²) in [6.07, 6.45) is -1.14. The zero-order valence-corrected chi connectivity index (χ0v) is 15.0. The van der Waals surface area contributed by atoms with Crippen LogP contribution in [-0.4, -0.2) is 19.4 Å². The van der Waals surface area contributed by atoms with E-state index in [1.165, 1.54) is 5.56 Å². The molecule has 0 aliphatic carbocycles. The number of aryl methyl sites for hydroxylation is 2.